The number of carbonyl (C=O) groups excluding carboxylic acids is 1. The zero-order valence-corrected chi connectivity index (χ0v) is 12.4. The van der Waals surface area contributed by atoms with E-state index in [9.17, 15) is 4.79 Å². The predicted octanol–water partition coefficient (Wildman–Crippen LogP) is 0.0814. The van der Waals surface area contributed by atoms with Crippen LogP contribution in [0.2, 0.25) is 0 Å². The van der Waals surface area contributed by atoms with Gasteiger partial charge >= 0.3 is 0 Å². The highest BCUT2D eigenvalue weighted by Crippen LogP contribution is 2.15. The molecule has 7 heteroatoms. The molecule has 1 aromatic rings. The van der Waals surface area contributed by atoms with Gasteiger partial charge in [-0.25, -0.2) is 0 Å². The first-order chi connectivity index (χ1) is 9.72. The summed E-state index contributed by atoms with van der Waals surface area (Å²) in [5, 5.41) is 7.51. The molecule has 0 aromatic carbocycles. The van der Waals surface area contributed by atoms with Crippen LogP contribution in [0.5, 0.6) is 0 Å². The molecule has 2 fully saturated rings. The zero-order chi connectivity index (χ0) is 13.9. The van der Waals surface area contributed by atoms with Crippen molar-refractivity contribution in [2.75, 3.05) is 31.3 Å². The van der Waals surface area contributed by atoms with Crippen molar-refractivity contribution in [3.05, 3.63) is 18.0 Å². The van der Waals surface area contributed by atoms with Crippen molar-refractivity contribution >= 4 is 17.7 Å². The molecule has 110 valence electrons. The number of amides is 1. The molecule has 2 unspecified atom stereocenters. The van der Waals surface area contributed by atoms with Gasteiger partial charge in [-0.1, -0.05) is 0 Å². The van der Waals surface area contributed by atoms with E-state index in [0.29, 0.717) is 26.2 Å². The molecule has 0 aliphatic carbocycles. The number of morpholine rings is 1. The molecule has 0 saturated carbocycles. The third kappa shape index (κ3) is 3.16. The average molecular weight is 296 g/mol. The summed E-state index contributed by atoms with van der Waals surface area (Å²) in [6.45, 7) is 4.67. The second-order valence-corrected chi connectivity index (χ2v) is 6.32. The normalized spacial score (nSPS) is 26.9. The number of nitrogens with zero attached hydrogens (tertiary/aromatic N) is 3. The summed E-state index contributed by atoms with van der Waals surface area (Å²) in [7, 11) is 0. The van der Waals surface area contributed by atoms with Gasteiger partial charge < -0.3 is 9.64 Å². The van der Waals surface area contributed by atoms with Crippen LogP contribution in [0.15, 0.2) is 12.4 Å². The number of carbonyl (C=O) groups is 1. The van der Waals surface area contributed by atoms with Crippen LogP contribution in [-0.4, -0.2) is 64.1 Å². The van der Waals surface area contributed by atoms with Crippen molar-refractivity contribution in [2.45, 2.75) is 25.6 Å². The zero-order valence-electron chi connectivity index (χ0n) is 11.6. The van der Waals surface area contributed by atoms with Gasteiger partial charge in [-0.15, -0.1) is 11.8 Å². The Labute approximate surface area is 122 Å². The lowest BCUT2D eigenvalue weighted by atomic mass is 10.2. The van der Waals surface area contributed by atoms with E-state index in [0.717, 1.165) is 17.2 Å². The monoisotopic (exact) mass is 296 g/mol. The van der Waals surface area contributed by atoms with Crippen LogP contribution in [0.1, 0.15) is 5.56 Å². The number of ether oxygens (including phenoxy) is 1. The van der Waals surface area contributed by atoms with Gasteiger partial charge in [0.25, 0.3) is 0 Å². The highest BCUT2D eigenvalue weighted by Gasteiger charge is 2.31. The molecule has 2 atom stereocenters. The van der Waals surface area contributed by atoms with E-state index < -0.39 is 0 Å². The first-order valence-corrected chi connectivity index (χ1v) is 8.08. The van der Waals surface area contributed by atoms with Crippen molar-refractivity contribution in [2.24, 2.45) is 0 Å². The van der Waals surface area contributed by atoms with E-state index in [4.69, 9.17) is 4.74 Å². The van der Waals surface area contributed by atoms with Gasteiger partial charge in [0.15, 0.2) is 0 Å². The van der Waals surface area contributed by atoms with Crippen LogP contribution < -0.4 is 5.32 Å². The van der Waals surface area contributed by atoms with Gasteiger partial charge in [-0.05, 0) is 12.5 Å². The first kappa shape index (κ1) is 13.9. The number of rotatable bonds is 3. The van der Waals surface area contributed by atoms with Crippen molar-refractivity contribution < 1.29 is 9.53 Å². The molecule has 0 radical (unpaired) electrons. The Bertz CT molecular complexity index is 473. The summed E-state index contributed by atoms with van der Waals surface area (Å²) in [5.74, 6) is 1.95. The minimum absolute atomic E-state index is 0.0225. The largest absolute Gasteiger partial charge is 0.373 e. The summed E-state index contributed by atoms with van der Waals surface area (Å²) in [4.78, 5) is 14.3. The number of hydrogen-bond donors (Lipinski definition) is 1. The number of nitrogens with one attached hydrogen (secondary N) is 1. The molecule has 1 amide bonds. The quantitative estimate of drug-likeness (QED) is 0.856. The lowest BCUT2D eigenvalue weighted by Crippen LogP contribution is -2.52. The molecule has 0 spiro atoms. The maximum Gasteiger partial charge on any atom is 0.240 e. The Morgan fingerprint density at radius 2 is 2.55 bits per heavy atom. The van der Waals surface area contributed by atoms with Gasteiger partial charge in [-0.3, -0.25) is 14.8 Å². The highest BCUT2D eigenvalue weighted by atomic mass is 32.2. The molecule has 2 aliphatic heterocycles. The molecule has 3 heterocycles. The van der Waals surface area contributed by atoms with E-state index in [-0.39, 0.29) is 18.1 Å². The molecule has 3 rings (SSSR count). The molecule has 6 nitrogen and oxygen atoms in total. The predicted molar refractivity (Wildman–Crippen MR) is 77.5 cm³/mol. The van der Waals surface area contributed by atoms with E-state index in [2.05, 4.69) is 10.4 Å². The SMILES string of the molecule is Cc1cnn(CC2CN(C(=O)C3CSCN3)CCO2)c1. The first-order valence-electron chi connectivity index (χ1n) is 6.93. The third-order valence-electron chi connectivity index (χ3n) is 3.62. The molecule has 2 aliphatic rings. The molecular weight excluding hydrogens is 276 g/mol. The molecular formula is C13H20N4O2S. The van der Waals surface area contributed by atoms with Gasteiger partial charge in [-0.2, -0.15) is 5.10 Å². The van der Waals surface area contributed by atoms with Gasteiger partial charge in [0.05, 0.1) is 31.5 Å². The maximum absolute atomic E-state index is 12.4. The van der Waals surface area contributed by atoms with Crippen LogP contribution in [0.3, 0.4) is 0 Å². The van der Waals surface area contributed by atoms with Crippen LogP contribution >= 0.6 is 11.8 Å². The van der Waals surface area contributed by atoms with Gasteiger partial charge in [0.1, 0.15) is 0 Å². The average Bonchev–Trinajstić information content (AvgIpc) is 3.10. The number of hydrogen-bond acceptors (Lipinski definition) is 5. The number of aryl methyl sites for hydroxylation is 1. The minimum atomic E-state index is -0.0225. The Kier molecular flexibility index (Phi) is 4.28. The molecule has 0 bridgehead atoms. The van der Waals surface area contributed by atoms with E-state index in [1.165, 1.54) is 0 Å². The van der Waals surface area contributed by atoms with Crippen LogP contribution in [0, 0.1) is 6.92 Å². The molecule has 20 heavy (non-hydrogen) atoms. The minimum Gasteiger partial charge on any atom is -0.373 e. The summed E-state index contributed by atoms with van der Waals surface area (Å²) in [5.41, 5.74) is 1.14. The number of thioether (sulfide) groups is 1. The molecule has 1 aromatic heterocycles. The van der Waals surface area contributed by atoms with Crippen LogP contribution in [0.4, 0.5) is 0 Å². The van der Waals surface area contributed by atoms with Gasteiger partial charge in [0, 0.05) is 30.9 Å². The molecule has 2 saturated heterocycles. The summed E-state index contributed by atoms with van der Waals surface area (Å²) < 4.78 is 7.64. The maximum atomic E-state index is 12.4. The van der Waals surface area contributed by atoms with E-state index >= 15 is 0 Å². The molecule has 1 N–H and O–H groups in total. The Morgan fingerprint density at radius 3 is 3.25 bits per heavy atom. The van der Waals surface area contributed by atoms with Crippen molar-refractivity contribution in [3.8, 4) is 0 Å². The van der Waals surface area contributed by atoms with Crippen LogP contribution in [0.25, 0.3) is 0 Å². The fourth-order valence-electron chi connectivity index (χ4n) is 2.58. The van der Waals surface area contributed by atoms with Crippen molar-refractivity contribution in [1.29, 1.82) is 0 Å². The summed E-state index contributed by atoms with van der Waals surface area (Å²) in [6, 6.07) is -0.0225. The summed E-state index contributed by atoms with van der Waals surface area (Å²) >= 11 is 1.78. The van der Waals surface area contributed by atoms with Crippen molar-refractivity contribution in [3.63, 3.8) is 0 Å². The Balaban J connectivity index is 1.57. The fraction of sp³-hybridized carbons (Fsp3) is 0.692. The van der Waals surface area contributed by atoms with Gasteiger partial charge in [0.2, 0.25) is 5.91 Å². The van der Waals surface area contributed by atoms with Crippen LogP contribution in [-0.2, 0) is 16.1 Å². The Hall–Kier alpha value is -1.05. The lowest BCUT2D eigenvalue weighted by molar-refractivity contribution is -0.140. The highest BCUT2D eigenvalue weighted by molar-refractivity contribution is 7.99. The standard InChI is InChI=1S/C13H20N4O2S/c1-10-4-15-17(5-10)7-11-6-16(2-3-19-11)13(18)12-8-20-9-14-12/h4-5,11-12,14H,2-3,6-9H2,1H3. The number of aromatic nitrogens is 2. The summed E-state index contributed by atoms with van der Waals surface area (Å²) in [6.07, 6.45) is 3.87. The second kappa shape index (κ2) is 6.15. The fourth-order valence-corrected chi connectivity index (χ4v) is 3.51. The van der Waals surface area contributed by atoms with E-state index in [1.807, 2.05) is 28.9 Å². The van der Waals surface area contributed by atoms with Crippen molar-refractivity contribution in [1.82, 2.24) is 20.0 Å². The van der Waals surface area contributed by atoms with E-state index in [1.54, 1.807) is 11.8 Å². The third-order valence-corrected chi connectivity index (χ3v) is 4.56. The second-order valence-electron chi connectivity index (χ2n) is 5.29. The topological polar surface area (TPSA) is 59.4 Å². The smallest absolute Gasteiger partial charge is 0.240 e. The Morgan fingerprint density at radius 1 is 1.65 bits per heavy atom. The lowest BCUT2D eigenvalue weighted by Gasteiger charge is -2.34.